The van der Waals surface area contributed by atoms with Gasteiger partial charge in [-0.15, -0.1) is 0 Å². The van der Waals surface area contributed by atoms with Gasteiger partial charge in [0, 0.05) is 32.1 Å². The molecule has 0 fully saturated rings. The Kier molecular flexibility index (Phi) is 7.71. The van der Waals surface area contributed by atoms with Gasteiger partial charge < -0.3 is 10.1 Å². The smallest absolute Gasteiger partial charge is 0.137 e. The monoisotopic (exact) mass is 201 g/mol. The lowest BCUT2D eigenvalue weighted by Crippen LogP contribution is -2.30. The molecule has 0 heterocycles. The molecule has 3 nitrogen and oxygen atoms in total. The van der Waals surface area contributed by atoms with Crippen molar-refractivity contribution in [2.24, 2.45) is 5.92 Å². The summed E-state index contributed by atoms with van der Waals surface area (Å²) in [6.45, 7) is 7.66. The number of rotatable bonds is 8. The molecule has 0 bridgehead atoms. The fourth-order valence-electron chi connectivity index (χ4n) is 1.38. The minimum Gasteiger partial charge on any atom is -0.385 e. The molecule has 0 saturated heterocycles. The zero-order chi connectivity index (χ0) is 11.0. The van der Waals surface area contributed by atoms with Gasteiger partial charge in [0.25, 0.3) is 0 Å². The van der Waals surface area contributed by atoms with Crippen LogP contribution >= 0.6 is 0 Å². The summed E-state index contributed by atoms with van der Waals surface area (Å²) in [6, 6.07) is 0.289. The third-order valence-corrected chi connectivity index (χ3v) is 2.36. The summed E-state index contributed by atoms with van der Waals surface area (Å²) >= 11 is 0. The molecule has 0 aliphatic heterocycles. The van der Waals surface area contributed by atoms with Crippen molar-refractivity contribution in [1.82, 2.24) is 5.32 Å². The van der Waals surface area contributed by atoms with Gasteiger partial charge in [-0.1, -0.05) is 13.8 Å². The first-order valence-corrected chi connectivity index (χ1v) is 5.36. The van der Waals surface area contributed by atoms with Gasteiger partial charge in [0.2, 0.25) is 0 Å². The van der Waals surface area contributed by atoms with Crippen molar-refractivity contribution in [3.05, 3.63) is 0 Å². The maximum absolute atomic E-state index is 11.6. The van der Waals surface area contributed by atoms with Gasteiger partial charge in [-0.25, -0.2) is 0 Å². The molecule has 0 aromatic carbocycles. The van der Waals surface area contributed by atoms with Crippen molar-refractivity contribution < 1.29 is 9.53 Å². The molecular formula is C11H23NO2. The number of Topliss-reactive ketones (excluding diaryl/α,β-unsaturated/α-hetero) is 1. The van der Waals surface area contributed by atoms with Gasteiger partial charge in [0.15, 0.2) is 0 Å². The van der Waals surface area contributed by atoms with Crippen molar-refractivity contribution in [1.29, 1.82) is 0 Å². The van der Waals surface area contributed by atoms with Gasteiger partial charge in [0.05, 0.1) is 0 Å². The summed E-state index contributed by atoms with van der Waals surface area (Å²) in [5, 5.41) is 3.24. The lowest BCUT2D eigenvalue weighted by atomic mass is 9.98. The Hall–Kier alpha value is -0.410. The van der Waals surface area contributed by atoms with Crippen molar-refractivity contribution in [3.8, 4) is 0 Å². The maximum atomic E-state index is 11.6. The van der Waals surface area contributed by atoms with E-state index in [1.807, 2.05) is 13.8 Å². The quantitative estimate of drug-likeness (QED) is 0.648. The molecule has 0 aromatic heterocycles. The van der Waals surface area contributed by atoms with E-state index < -0.39 is 0 Å². The van der Waals surface area contributed by atoms with Gasteiger partial charge in [-0.2, -0.15) is 0 Å². The zero-order valence-corrected chi connectivity index (χ0v) is 9.80. The molecule has 0 radical (unpaired) electrons. The minimum atomic E-state index is 0.121. The summed E-state index contributed by atoms with van der Waals surface area (Å²) in [5.74, 6) is 0.451. The third kappa shape index (κ3) is 6.11. The average Bonchev–Trinajstić information content (AvgIpc) is 2.14. The Balaban J connectivity index is 3.71. The number of nitrogens with one attached hydrogen (secondary N) is 1. The number of ketones is 1. The molecule has 14 heavy (non-hydrogen) atoms. The molecule has 84 valence electrons. The Morgan fingerprint density at radius 2 is 2.07 bits per heavy atom. The van der Waals surface area contributed by atoms with Gasteiger partial charge in [0.1, 0.15) is 5.78 Å². The van der Waals surface area contributed by atoms with E-state index in [2.05, 4.69) is 12.2 Å². The number of ether oxygens (including phenoxy) is 1. The topological polar surface area (TPSA) is 38.3 Å². The molecule has 0 aliphatic rings. The lowest BCUT2D eigenvalue weighted by Gasteiger charge is -2.14. The largest absolute Gasteiger partial charge is 0.385 e. The van der Waals surface area contributed by atoms with Crippen LogP contribution in [0, 0.1) is 5.92 Å². The standard InChI is InChI=1S/C11H23NO2/c1-5-12-10(3)8-11(13)9(2)6-7-14-4/h9-10,12H,5-8H2,1-4H3. The Labute approximate surface area is 87.2 Å². The van der Waals surface area contributed by atoms with Crippen LogP contribution in [0.25, 0.3) is 0 Å². The Morgan fingerprint density at radius 1 is 1.43 bits per heavy atom. The summed E-state index contributed by atoms with van der Waals surface area (Å²) < 4.78 is 4.95. The van der Waals surface area contributed by atoms with E-state index in [1.165, 1.54) is 0 Å². The van der Waals surface area contributed by atoms with Crippen LogP contribution in [0.4, 0.5) is 0 Å². The van der Waals surface area contributed by atoms with Crippen LogP contribution in [0.15, 0.2) is 0 Å². The molecule has 0 rings (SSSR count). The average molecular weight is 201 g/mol. The number of hydrogen-bond acceptors (Lipinski definition) is 3. The van der Waals surface area contributed by atoms with Crippen molar-refractivity contribution >= 4 is 5.78 Å². The minimum absolute atomic E-state index is 0.121. The first kappa shape index (κ1) is 13.6. The van der Waals surface area contributed by atoms with E-state index in [0.29, 0.717) is 18.8 Å². The normalized spacial score (nSPS) is 15.1. The Bertz CT molecular complexity index is 159. The fourth-order valence-corrected chi connectivity index (χ4v) is 1.38. The van der Waals surface area contributed by atoms with E-state index in [-0.39, 0.29) is 12.0 Å². The van der Waals surface area contributed by atoms with Crippen LogP contribution in [0.5, 0.6) is 0 Å². The van der Waals surface area contributed by atoms with Gasteiger partial charge >= 0.3 is 0 Å². The number of carbonyl (C=O) groups excluding carboxylic acids is 1. The summed E-state index contributed by atoms with van der Waals surface area (Å²) in [7, 11) is 1.67. The predicted molar refractivity (Wildman–Crippen MR) is 58.4 cm³/mol. The molecule has 0 spiro atoms. The SMILES string of the molecule is CCNC(C)CC(=O)C(C)CCOC. The van der Waals surface area contributed by atoms with E-state index in [9.17, 15) is 4.79 Å². The first-order chi connectivity index (χ1) is 6.61. The van der Waals surface area contributed by atoms with Crippen LogP contribution < -0.4 is 5.32 Å². The third-order valence-electron chi connectivity index (χ3n) is 2.36. The first-order valence-electron chi connectivity index (χ1n) is 5.36. The van der Waals surface area contributed by atoms with Crippen LogP contribution in [0.3, 0.4) is 0 Å². The van der Waals surface area contributed by atoms with Gasteiger partial charge in [-0.05, 0) is 19.9 Å². The molecule has 2 unspecified atom stereocenters. The molecule has 0 aliphatic carbocycles. The fraction of sp³-hybridized carbons (Fsp3) is 0.909. The Morgan fingerprint density at radius 3 is 2.57 bits per heavy atom. The highest BCUT2D eigenvalue weighted by molar-refractivity contribution is 5.81. The van der Waals surface area contributed by atoms with Crippen LogP contribution in [0.2, 0.25) is 0 Å². The molecule has 3 heteroatoms. The van der Waals surface area contributed by atoms with E-state index >= 15 is 0 Å². The number of hydrogen-bond donors (Lipinski definition) is 1. The predicted octanol–water partition coefficient (Wildman–Crippen LogP) is 1.62. The second-order valence-electron chi connectivity index (χ2n) is 3.81. The van der Waals surface area contributed by atoms with E-state index in [4.69, 9.17) is 4.74 Å². The highest BCUT2D eigenvalue weighted by atomic mass is 16.5. The molecular weight excluding hydrogens is 178 g/mol. The van der Waals surface area contributed by atoms with Crippen LogP contribution in [-0.4, -0.2) is 32.1 Å². The van der Waals surface area contributed by atoms with Gasteiger partial charge in [-0.3, -0.25) is 4.79 Å². The summed E-state index contributed by atoms with van der Waals surface area (Å²) in [5.41, 5.74) is 0. The molecule has 0 amide bonds. The molecule has 2 atom stereocenters. The second kappa shape index (κ2) is 7.94. The van der Waals surface area contributed by atoms with Crippen LogP contribution in [-0.2, 0) is 9.53 Å². The van der Waals surface area contributed by atoms with Crippen molar-refractivity contribution in [2.45, 2.75) is 39.7 Å². The summed E-state index contributed by atoms with van der Waals surface area (Å²) in [6.07, 6.45) is 1.45. The number of carbonyl (C=O) groups is 1. The molecule has 1 N–H and O–H groups in total. The zero-order valence-electron chi connectivity index (χ0n) is 9.80. The van der Waals surface area contributed by atoms with Crippen molar-refractivity contribution in [2.75, 3.05) is 20.3 Å². The molecule has 0 saturated carbocycles. The van der Waals surface area contributed by atoms with E-state index in [1.54, 1.807) is 7.11 Å². The second-order valence-corrected chi connectivity index (χ2v) is 3.81. The molecule has 0 aromatic rings. The maximum Gasteiger partial charge on any atom is 0.137 e. The van der Waals surface area contributed by atoms with Crippen LogP contribution in [0.1, 0.15) is 33.6 Å². The summed E-state index contributed by atoms with van der Waals surface area (Å²) in [4.78, 5) is 11.6. The lowest BCUT2D eigenvalue weighted by molar-refractivity contribution is -0.123. The van der Waals surface area contributed by atoms with Crippen molar-refractivity contribution in [3.63, 3.8) is 0 Å². The highest BCUT2D eigenvalue weighted by Crippen LogP contribution is 2.08. The number of methoxy groups -OCH3 is 1. The van der Waals surface area contributed by atoms with E-state index in [0.717, 1.165) is 13.0 Å². The highest BCUT2D eigenvalue weighted by Gasteiger charge is 2.15.